The van der Waals surface area contributed by atoms with Crippen molar-refractivity contribution < 1.29 is 4.79 Å². The lowest BCUT2D eigenvalue weighted by Crippen LogP contribution is -2.42. The second-order valence-corrected chi connectivity index (χ2v) is 6.57. The first-order valence-electron chi connectivity index (χ1n) is 7.96. The molecule has 4 heteroatoms. The van der Waals surface area contributed by atoms with Gasteiger partial charge >= 0.3 is 6.03 Å². The highest BCUT2D eigenvalue weighted by Gasteiger charge is 2.40. The van der Waals surface area contributed by atoms with Crippen LogP contribution in [0, 0.1) is 12.3 Å². The minimum atomic E-state index is 0.0897. The van der Waals surface area contributed by atoms with Gasteiger partial charge in [-0.25, -0.2) is 4.79 Å². The number of benzene rings is 1. The number of hydrogen-bond donors (Lipinski definition) is 2. The highest BCUT2D eigenvalue weighted by atomic mass is 16.2. The lowest BCUT2D eigenvalue weighted by atomic mass is 9.78. The van der Waals surface area contributed by atoms with E-state index in [1.807, 2.05) is 11.0 Å². The Morgan fingerprint density at radius 2 is 2.14 bits per heavy atom. The van der Waals surface area contributed by atoms with Crippen molar-refractivity contribution in [3.05, 3.63) is 35.4 Å². The molecule has 0 bridgehead atoms. The molecule has 4 nitrogen and oxygen atoms in total. The Morgan fingerprint density at radius 1 is 1.33 bits per heavy atom. The van der Waals surface area contributed by atoms with Crippen LogP contribution in [0.25, 0.3) is 0 Å². The Balaban J connectivity index is 1.52. The highest BCUT2D eigenvalue weighted by molar-refractivity contribution is 5.74. The third-order valence-corrected chi connectivity index (χ3v) is 4.92. The van der Waals surface area contributed by atoms with Gasteiger partial charge < -0.3 is 15.5 Å². The molecule has 1 aromatic rings. The van der Waals surface area contributed by atoms with Gasteiger partial charge in [-0.3, -0.25) is 0 Å². The van der Waals surface area contributed by atoms with E-state index in [-0.39, 0.29) is 6.03 Å². The van der Waals surface area contributed by atoms with Crippen molar-refractivity contribution in [2.45, 2.75) is 32.7 Å². The summed E-state index contributed by atoms with van der Waals surface area (Å²) in [6.07, 6.45) is 3.57. The molecule has 2 saturated heterocycles. The van der Waals surface area contributed by atoms with Crippen LogP contribution in [0.2, 0.25) is 0 Å². The lowest BCUT2D eigenvalue weighted by molar-refractivity contribution is 0.183. The van der Waals surface area contributed by atoms with Crippen molar-refractivity contribution in [3.8, 4) is 0 Å². The number of rotatable bonds is 2. The molecule has 2 amide bonds. The average molecular weight is 287 g/mol. The van der Waals surface area contributed by atoms with Crippen LogP contribution in [0.15, 0.2) is 24.3 Å². The van der Waals surface area contributed by atoms with Gasteiger partial charge in [0.15, 0.2) is 0 Å². The van der Waals surface area contributed by atoms with Gasteiger partial charge in [-0.2, -0.15) is 0 Å². The zero-order valence-electron chi connectivity index (χ0n) is 12.8. The summed E-state index contributed by atoms with van der Waals surface area (Å²) in [5, 5.41) is 6.47. The van der Waals surface area contributed by atoms with Gasteiger partial charge in [0.25, 0.3) is 0 Å². The zero-order valence-corrected chi connectivity index (χ0v) is 12.8. The van der Waals surface area contributed by atoms with E-state index in [2.05, 4.69) is 35.8 Å². The molecule has 2 fully saturated rings. The molecule has 1 aromatic carbocycles. The van der Waals surface area contributed by atoms with Crippen LogP contribution >= 0.6 is 0 Å². The standard InChI is InChI=1S/C17H25N3O/c1-14-3-2-4-15(11-14)12-19-16(21)20-10-7-17(13-20)5-8-18-9-6-17/h2-4,11,18H,5-10,12-13H2,1H3,(H,19,21). The summed E-state index contributed by atoms with van der Waals surface area (Å²) in [7, 11) is 0. The number of carbonyl (C=O) groups is 1. The van der Waals surface area contributed by atoms with E-state index in [1.54, 1.807) is 0 Å². The Bertz CT molecular complexity index is 509. The van der Waals surface area contributed by atoms with Crippen LogP contribution in [-0.2, 0) is 6.54 Å². The van der Waals surface area contributed by atoms with Crippen molar-refractivity contribution in [1.82, 2.24) is 15.5 Å². The maximum atomic E-state index is 12.3. The molecule has 0 radical (unpaired) electrons. The fourth-order valence-corrected chi connectivity index (χ4v) is 3.59. The lowest BCUT2D eigenvalue weighted by Gasteiger charge is -2.33. The van der Waals surface area contributed by atoms with Crippen molar-refractivity contribution in [1.29, 1.82) is 0 Å². The molecular formula is C17H25N3O. The molecule has 2 aliphatic rings. The van der Waals surface area contributed by atoms with Crippen LogP contribution in [-0.4, -0.2) is 37.1 Å². The number of piperidine rings is 1. The second kappa shape index (κ2) is 6.06. The van der Waals surface area contributed by atoms with Crippen molar-refractivity contribution in [2.75, 3.05) is 26.2 Å². The third-order valence-electron chi connectivity index (χ3n) is 4.92. The summed E-state index contributed by atoms with van der Waals surface area (Å²) in [5.74, 6) is 0. The molecule has 0 aromatic heterocycles. The topological polar surface area (TPSA) is 44.4 Å². The van der Waals surface area contributed by atoms with Gasteiger partial charge in [-0.05, 0) is 50.3 Å². The van der Waals surface area contributed by atoms with Gasteiger partial charge in [0.05, 0.1) is 0 Å². The number of urea groups is 1. The maximum absolute atomic E-state index is 12.3. The molecule has 2 N–H and O–H groups in total. The summed E-state index contributed by atoms with van der Waals surface area (Å²) in [5.41, 5.74) is 2.78. The molecule has 0 atom stereocenters. The van der Waals surface area contributed by atoms with E-state index < -0.39 is 0 Å². The number of nitrogens with one attached hydrogen (secondary N) is 2. The average Bonchev–Trinajstić information content (AvgIpc) is 2.89. The Morgan fingerprint density at radius 3 is 2.90 bits per heavy atom. The Kier molecular flexibility index (Phi) is 4.15. The number of hydrogen-bond acceptors (Lipinski definition) is 2. The molecule has 2 aliphatic heterocycles. The quantitative estimate of drug-likeness (QED) is 0.876. The fourth-order valence-electron chi connectivity index (χ4n) is 3.59. The first-order chi connectivity index (χ1) is 10.2. The number of likely N-dealkylation sites (tertiary alicyclic amines) is 1. The zero-order chi connectivity index (χ0) is 14.7. The first kappa shape index (κ1) is 14.4. The molecule has 114 valence electrons. The summed E-state index contributed by atoms with van der Waals surface area (Å²) in [6.45, 7) is 6.71. The van der Waals surface area contributed by atoms with E-state index in [9.17, 15) is 4.79 Å². The molecule has 3 rings (SSSR count). The van der Waals surface area contributed by atoms with Gasteiger partial charge in [0, 0.05) is 19.6 Å². The third kappa shape index (κ3) is 3.38. The summed E-state index contributed by atoms with van der Waals surface area (Å²) >= 11 is 0. The van der Waals surface area contributed by atoms with Crippen LogP contribution in [0.1, 0.15) is 30.4 Å². The number of amides is 2. The largest absolute Gasteiger partial charge is 0.334 e. The van der Waals surface area contributed by atoms with E-state index in [4.69, 9.17) is 0 Å². The van der Waals surface area contributed by atoms with Crippen molar-refractivity contribution >= 4 is 6.03 Å². The Labute approximate surface area is 126 Å². The molecule has 0 aliphatic carbocycles. The van der Waals surface area contributed by atoms with Crippen molar-refractivity contribution in [2.24, 2.45) is 5.41 Å². The summed E-state index contributed by atoms with van der Waals surface area (Å²) in [4.78, 5) is 14.3. The van der Waals surface area contributed by atoms with Crippen LogP contribution in [0.4, 0.5) is 4.79 Å². The minimum absolute atomic E-state index is 0.0897. The summed E-state index contributed by atoms with van der Waals surface area (Å²) in [6, 6.07) is 8.39. The molecule has 0 saturated carbocycles. The molecular weight excluding hydrogens is 262 g/mol. The highest BCUT2D eigenvalue weighted by Crippen LogP contribution is 2.38. The molecule has 21 heavy (non-hydrogen) atoms. The SMILES string of the molecule is Cc1cccc(CNC(=O)N2CCC3(CCNCC3)C2)c1. The van der Waals surface area contributed by atoms with Gasteiger partial charge in [0.1, 0.15) is 0 Å². The minimum Gasteiger partial charge on any atom is -0.334 e. The first-order valence-corrected chi connectivity index (χ1v) is 7.96. The van der Waals surface area contributed by atoms with E-state index >= 15 is 0 Å². The van der Waals surface area contributed by atoms with E-state index in [1.165, 1.54) is 24.0 Å². The number of aryl methyl sites for hydroxylation is 1. The monoisotopic (exact) mass is 287 g/mol. The van der Waals surface area contributed by atoms with Crippen LogP contribution < -0.4 is 10.6 Å². The van der Waals surface area contributed by atoms with Crippen LogP contribution in [0.5, 0.6) is 0 Å². The van der Waals surface area contributed by atoms with Crippen LogP contribution in [0.3, 0.4) is 0 Å². The Hall–Kier alpha value is -1.55. The molecule has 2 heterocycles. The van der Waals surface area contributed by atoms with Gasteiger partial charge in [0.2, 0.25) is 0 Å². The second-order valence-electron chi connectivity index (χ2n) is 6.57. The number of carbonyl (C=O) groups excluding carboxylic acids is 1. The molecule has 1 spiro atoms. The smallest absolute Gasteiger partial charge is 0.317 e. The molecule has 0 unspecified atom stereocenters. The van der Waals surface area contributed by atoms with E-state index in [0.717, 1.165) is 32.6 Å². The van der Waals surface area contributed by atoms with Crippen molar-refractivity contribution in [3.63, 3.8) is 0 Å². The number of nitrogens with zero attached hydrogens (tertiary/aromatic N) is 1. The maximum Gasteiger partial charge on any atom is 0.317 e. The fraction of sp³-hybridized carbons (Fsp3) is 0.588. The summed E-state index contributed by atoms with van der Waals surface area (Å²) < 4.78 is 0. The van der Waals surface area contributed by atoms with E-state index in [0.29, 0.717) is 12.0 Å². The predicted molar refractivity (Wildman–Crippen MR) is 84.1 cm³/mol. The van der Waals surface area contributed by atoms with Gasteiger partial charge in [-0.15, -0.1) is 0 Å². The predicted octanol–water partition coefficient (Wildman–Crippen LogP) is 2.28. The normalized spacial score (nSPS) is 20.7. The van der Waals surface area contributed by atoms with Gasteiger partial charge in [-0.1, -0.05) is 29.8 Å².